The number of para-hydroxylation sites is 2. The summed E-state index contributed by atoms with van der Waals surface area (Å²) in [5.41, 5.74) is 18.2. The smallest absolute Gasteiger partial charge is 0.0715 e. The molecule has 0 fully saturated rings. The zero-order chi connectivity index (χ0) is 43.6. The van der Waals surface area contributed by atoms with E-state index in [4.69, 9.17) is 4.98 Å². The molecule has 0 amide bonds. The van der Waals surface area contributed by atoms with Crippen LogP contribution in [0.3, 0.4) is 0 Å². The number of fused-ring (bicyclic) bond motifs is 7. The van der Waals surface area contributed by atoms with Crippen LogP contribution < -0.4 is 0 Å². The summed E-state index contributed by atoms with van der Waals surface area (Å²) in [4.78, 5) is 5.20. The van der Waals surface area contributed by atoms with Gasteiger partial charge in [0.1, 0.15) is 0 Å². The van der Waals surface area contributed by atoms with Gasteiger partial charge in [0, 0.05) is 44.0 Å². The first-order valence-electron chi connectivity index (χ1n) is 22.6. The predicted molar refractivity (Wildman–Crippen MR) is 278 cm³/mol. The maximum Gasteiger partial charge on any atom is 0.0715 e. The largest absolute Gasteiger partial charge is 0.309 e. The number of aromatic nitrogens is 3. The Morgan fingerprint density at radius 3 is 1.41 bits per heavy atom. The van der Waals surface area contributed by atoms with Crippen molar-refractivity contribution >= 4 is 54.4 Å². The fourth-order valence-corrected chi connectivity index (χ4v) is 10.1. The highest BCUT2D eigenvalue weighted by Gasteiger charge is 2.17. The number of hydrogen-bond acceptors (Lipinski definition) is 1. The van der Waals surface area contributed by atoms with Gasteiger partial charge in [-0.05, 0) is 111 Å². The van der Waals surface area contributed by atoms with Crippen LogP contribution in [0.4, 0.5) is 0 Å². The number of pyridine rings is 1. The highest BCUT2D eigenvalue weighted by Crippen LogP contribution is 2.40. The molecule has 0 aliphatic rings. The number of benzene rings is 10. The van der Waals surface area contributed by atoms with Crippen molar-refractivity contribution < 1.29 is 0 Å². The zero-order valence-corrected chi connectivity index (χ0v) is 36.0. The van der Waals surface area contributed by atoms with E-state index in [0.29, 0.717) is 0 Å². The van der Waals surface area contributed by atoms with Crippen LogP contribution in [0, 0.1) is 0 Å². The van der Waals surface area contributed by atoms with Gasteiger partial charge in [-0.3, -0.25) is 0 Å². The quantitative estimate of drug-likeness (QED) is 0.157. The van der Waals surface area contributed by atoms with E-state index in [1.54, 1.807) is 0 Å². The average Bonchev–Trinajstić information content (AvgIpc) is 3.91. The van der Waals surface area contributed by atoms with Crippen molar-refractivity contribution in [2.45, 2.75) is 0 Å². The first kappa shape index (κ1) is 37.7. The molecular weight excluding hydrogens is 799 g/mol. The van der Waals surface area contributed by atoms with Crippen LogP contribution in [0.2, 0.25) is 0 Å². The van der Waals surface area contributed by atoms with Gasteiger partial charge >= 0.3 is 0 Å². The summed E-state index contributed by atoms with van der Waals surface area (Å²) >= 11 is 0. The highest BCUT2D eigenvalue weighted by molar-refractivity contribution is 6.12. The molecule has 0 atom stereocenters. The molecule has 3 heteroatoms. The summed E-state index contributed by atoms with van der Waals surface area (Å²) < 4.78 is 4.81. The molecule has 13 aromatic rings. The molecule has 0 spiro atoms. The predicted octanol–water partition coefficient (Wildman–Crippen LogP) is 16.8. The van der Waals surface area contributed by atoms with E-state index in [-0.39, 0.29) is 0 Å². The third-order valence-corrected chi connectivity index (χ3v) is 13.3. The first-order valence-corrected chi connectivity index (χ1v) is 22.6. The second kappa shape index (κ2) is 15.5. The molecular formula is C63H41N3. The monoisotopic (exact) mass is 839 g/mol. The average molecular weight is 840 g/mol. The van der Waals surface area contributed by atoms with Gasteiger partial charge in [-0.2, -0.15) is 0 Å². The third kappa shape index (κ3) is 6.32. The van der Waals surface area contributed by atoms with Crippen LogP contribution in [0.25, 0.3) is 122 Å². The molecule has 0 saturated carbocycles. The maximum atomic E-state index is 5.20. The Kier molecular flexibility index (Phi) is 8.85. The van der Waals surface area contributed by atoms with Crippen LogP contribution in [-0.4, -0.2) is 14.1 Å². The normalized spacial score (nSPS) is 11.6. The lowest BCUT2D eigenvalue weighted by molar-refractivity contribution is 1.18. The summed E-state index contributed by atoms with van der Waals surface area (Å²) in [6.45, 7) is 0. The molecule has 0 saturated heterocycles. The van der Waals surface area contributed by atoms with E-state index in [1.807, 2.05) is 6.07 Å². The fourth-order valence-electron chi connectivity index (χ4n) is 10.1. The number of rotatable bonds is 7. The second-order valence-corrected chi connectivity index (χ2v) is 17.1. The van der Waals surface area contributed by atoms with Crippen molar-refractivity contribution in [3.63, 3.8) is 0 Å². The molecule has 3 nitrogen and oxygen atoms in total. The molecule has 0 bridgehead atoms. The van der Waals surface area contributed by atoms with Crippen LogP contribution in [-0.2, 0) is 0 Å². The molecule has 66 heavy (non-hydrogen) atoms. The standard InChI is InChI=1S/C63H41N3/c1-3-14-42(15-4-1)49-39-58(45-17-5-2-6-18-45)64-59(40-49)46-28-34-50(35-29-46)65-61-25-12-10-22-55(61)57-38-47(31-37-62(57)65)48-30-36-56-54-21-9-11-24-60(54)66(63(56)41-48)51-32-26-44(27-33-51)53-23-13-19-43-16-7-8-20-52(43)53/h1-41H. The molecule has 13 rings (SSSR count). The Bertz CT molecular complexity index is 3890. The third-order valence-electron chi connectivity index (χ3n) is 13.3. The van der Waals surface area contributed by atoms with Crippen molar-refractivity contribution in [3.8, 4) is 67.3 Å². The lowest BCUT2D eigenvalue weighted by atomic mass is 9.98. The minimum absolute atomic E-state index is 0.947. The van der Waals surface area contributed by atoms with E-state index >= 15 is 0 Å². The van der Waals surface area contributed by atoms with E-state index in [0.717, 1.165) is 39.5 Å². The van der Waals surface area contributed by atoms with Gasteiger partial charge in [-0.15, -0.1) is 0 Å². The Morgan fingerprint density at radius 1 is 0.242 bits per heavy atom. The van der Waals surface area contributed by atoms with E-state index in [2.05, 4.69) is 252 Å². The number of hydrogen-bond donors (Lipinski definition) is 0. The minimum Gasteiger partial charge on any atom is -0.309 e. The Balaban J connectivity index is 0.890. The maximum absolute atomic E-state index is 5.20. The van der Waals surface area contributed by atoms with E-state index in [9.17, 15) is 0 Å². The van der Waals surface area contributed by atoms with Gasteiger partial charge in [0.2, 0.25) is 0 Å². The van der Waals surface area contributed by atoms with Crippen LogP contribution in [0.1, 0.15) is 0 Å². The zero-order valence-electron chi connectivity index (χ0n) is 36.0. The molecule has 0 aliphatic heterocycles. The van der Waals surface area contributed by atoms with Crippen molar-refractivity contribution in [2.75, 3.05) is 0 Å². The Morgan fingerprint density at radius 2 is 0.712 bits per heavy atom. The topological polar surface area (TPSA) is 22.8 Å². The molecule has 0 N–H and O–H groups in total. The second-order valence-electron chi connectivity index (χ2n) is 17.1. The molecule has 10 aromatic carbocycles. The van der Waals surface area contributed by atoms with Crippen molar-refractivity contribution in [1.82, 2.24) is 14.1 Å². The Hall–Kier alpha value is -8.79. The first-order chi connectivity index (χ1) is 32.7. The minimum atomic E-state index is 0.947. The molecule has 3 aromatic heterocycles. The molecule has 0 unspecified atom stereocenters. The van der Waals surface area contributed by atoms with Gasteiger partial charge in [-0.1, -0.05) is 182 Å². The lowest BCUT2D eigenvalue weighted by Gasteiger charge is -2.12. The highest BCUT2D eigenvalue weighted by atomic mass is 15.0. The summed E-state index contributed by atoms with van der Waals surface area (Å²) in [5, 5.41) is 7.46. The van der Waals surface area contributed by atoms with Crippen molar-refractivity contribution in [3.05, 3.63) is 249 Å². The fraction of sp³-hybridized carbons (Fsp3) is 0. The molecule has 0 aliphatic carbocycles. The van der Waals surface area contributed by atoms with Crippen LogP contribution in [0.5, 0.6) is 0 Å². The van der Waals surface area contributed by atoms with E-state index < -0.39 is 0 Å². The number of nitrogens with zero attached hydrogens (tertiary/aromatic N) is 3. The summed E-state index contributed by atoms with van der Waals surface area (Å²) in [7, 11) is 0. The summed E-state index contributed by atoms with van der Waals surface area (Å²) in [6.07, 6.45) is 0. The van der Waals surface area contributed by atoms with Gasteiger partial charge in [-0.25, -0.2) is 4.98 Å². The Labute approximate surface area is 382 Å². The van der Waals surface area contributed by atoms with Crippen LogP contribution in [0.15, 0.2) is 249 Å². The molecule has 308 valence electrons. The SMILES string of the molecule is c1ccc(-c2cc(-c3ccccc3)nc(-c3ccc(-n4c5ccccc5c5cc(-c6ccc7c8ccccc8n(-c8ccc(-c9cccc%10ccccc9%10)cc8)c7c6)ccc54)cc3)c2)cc1. The van der Waals surface area contributed by atoms with Crippen molar-refractivity contribution in [1.29, 1.82) is 0 Å². The van der Waals surface area contributed by atoms with Gasteiger partial charge in [0.05, 0.1) is 33.5 Å². The molecule has 3 heterocycles. The summed E-state index contributed by atoms with van der Waals surface area (Å²) in [6, 6.07) is 90.0. The van der Waals surface area contributed by atoms with Gasteiger partial charge in [0.25, 0.3) is 0 Å². The van der Waals surface area contributed by atoms with Crippen LogP contribution >= 0.6 is 0 Å². The molecule has 0 radical (unpaired) electrons. The van der Waals surface area contributed by atoms with E-state index in [1.165, 1.54) is 82.2 Å². The van der Waals surface area contributed by atoms with Gasteiger partial charge < -0.3 is 9.13 Å². The summed E-state index contributed by atoms with van der Waals surface area (Å²) in [5.74, 6) is 0. The van der Waals surface area contributed by atoms with Gasteiger partial charge in [0.15, 0.2) is 0 Å². The lowest BCUT2D eigenvalue weighted by Crippen LogP contribution is -1.95. The van der Waals surface area contributed by atoms with Crippen molar-refractivity contribution in [2.24, 2.45) is 0 Å².